The Morgan fingerprint density at radius 2 is 0.922 bits per heavy atom. The number of fused-ring (bicyclic) bond motifs is 9. The van der Waals surface area contributed by atoms with Crippen molar-refractivity contribution in [3.05, 3.63) is 186 Å². The van der Waals surface area contributed by atoms with Crippen LogP contribution >= 0.6 is 11.3 Å². The predicted octanol–water partition coefficient (Wildman–Crippen LogP) is 13.3. The van der Waals surface area contributed by atoms with Crippen LogP contribution in [0.5, 0.6) is 0 Å². The Morgan fingerprint density at radius 3 is 1.45 bits per heavy atom. The second-order valence-corrected chi connectivity index (χ2v) is 14.7. The molecule has 0 radical (unpaired) electrons. The van der Waals surface area contributed by atoms with Crippen molar-refractivity contribution >= 4 is 71.1 Å². The van der Waals surface area contributed by atoms with Gasteiger partial charge >= 0.3 is 0 Å². The monoisotopic (exact) mass is 668 g/mol. The van der Waals surface area contributed by atoms with Crippen molar-refractivity contribution in [2.75, 3.05) is 0 Å². The molecule has 0 saturated heterocycles. The number of aromatic nitrogens is 2. The van der Waals surface area contributed by atoms with E-state index in [0.29, 0.717) is 5.92 Å². The minimum Gasteiger partial charge on any atom is -0.309 e. The Bertz CT molecular complexity index is 2880. The van der Waals surface area contributed by atoms with E-state index in [9.17, 15) is 0 Å². The smallest absolute Gasteiger partial charge is 0.0541 e. The highest BCUT2D eigenvalue weighted by molar-refractivity contribution is 7.20. The zero-order valence-electron chi connectivity index (χ0n) is 27.8. The van der Waals surface area contributed by atoms with Gasteiger partial charge in [0.2, 0.25) is 0 Å². The number of allylic oxidation sites excluding steroid dienone is 1. The highest BCUT2D eigenvalue weighted by Gasteiger charge is 2.25. The van der Waals surface area contributed by atoms with E-state index < -0.39 is 0 Å². The van der Waals surface area contributed by atoms with Crippen LogP contribution in [0.3, 0.4) is 0 Å². The van der Waals surface area contributed by atoms with Gasteiger partial charge in [0.1, 0.15) is 0 Å². The summed E-state index contributed by atoms with van der Waals surface area (Å²) in [5.74, 6) is 0.333. The van der Waals surface area contributed by atoms with E-state index in [1.807, 2.05) is 11.3 Å². The molecule has 240 valence electrons. The summed E-state index contributed by atoms with van der Waals surface area (Å²) in [5.41, 5.74) is 12.6. The zero-order valence-corrected chi connectivity index (χ0v) is 28.6. The van der Waals surface area contributed by atoms with E-state index in [4.69, 9.17) is 0 Å². The third-order valence-electron chi connectivity index (χ3n) is 10.9. The van der Waals surface area contributed by atoms with Crippen LogP contribution in [-0.2, 0) is 0 Å². The topological polar surface area (TPSA) is 9.86 Å². The molecule has 1 atom stereocenters. The fourth-order valence-corrected chi connectivity index (χ4v) is 10.0. The molecule has 1 aliphatic rings. The van der Waals surface area contributed by atoms with E-state index in [1.165, 1.54) is 92.2 Å². The molecule has 10 aromatic rings. The maximum Gasteiger partial charge on any atom is 0.0541 e. The third kappa shape index (κ3) is 4.28. The number of rotatable bonds is 4. The summed E-state index contributed by atoms with van der Waals surface area (Å²) in [6.07, 6.45) is 5.73. The Hall–Kier alpha value is -6.16. The second kappa shape index (κ2) is 11.2. The summed E-state index contributed by atoms with van der Waals surface area (Å²) in [6, 6.07) is 60.2. The molecule has 3 heterocycles. The number of hydrogen-bond acceptors (Lipinski definition) is 1. The molecular formula is C48H32N2S. The Balaban J connectivity index is 0.973. The predicted molar refractivity (Wildman–Crippen MR) is 218 cm³/mol. The first-order chi connectivity index (χ1) is 25.3. The molecule has 0 amide bonds. The molecule has 3 heteroatoms. The molecule has 0 fully saturated rings. The van der Waals surface area contributed by atoms with E-state index in [1.54, 1.807) is 0 Å². The van der Waals surface area contributed by atoms with E-state index in [0.717, 1.165) is 6.42 Å². The quantitative estimate of drug-likeness (QED) is 0.177. The first kappa shape index (κ1) is 28.7. The van der Waals surface area contributed by atoms with Crippen LogP contribution < -0.4 is 0 Å². The Labute approximate surface area is 299 Å². The molecule has 2 nitrogen and oxygen atoms in total. The standard InChI is InChI=1S/C48H32N2S/c1-5-19-43-37(11-1)38-12-2-6-20-44(38)49(43)33-27-23-31(24-28-33)35-15-9-17-41-42-18-10-16-36(48(42)51-47(35)41)32-25-29-34(30-26-32)50-45-21-7-3-13-39(45)40-14-4-8-22-46(40)50/h1-15,17-30,36H,16H2. The molecule has 3 aromatic heterocycles. The molecule has 0 bridgehead atoms. The summed E-state index contributed by atoms with van der Waals surface area (Å²) in [7, 11) is 0. The summed E-state index contributed by atoms with van der Waals surface area (Å²) < 4.78 is 6.16. The van der Waals surface area contributed by atoms with Gasteiger partial charge in [-0.3, -0.25) is 0 Å². The Morgan fingerprint density at radius 1 is 0.451 bits per heavy atom. The normalized spacial score (nSPS) is 14.3. The highest BCUT2D eigenvalue weighted by Crippen LogP contribution is 2.47. The number of thiophene rings is 1. The van der Waals surface area contributed by atoms with Crippen molar-refractivity contribution in [3.63, 3.8) is 0 Å². The van der Waals surface area contributed by atoms with Gasteiger partial charge in [0.15, 0.2) is 0 Å². The van der Waals surface area contributed by atoms with E-state index in [2.05, 4.69) is 185 Å². The van der Waals surface area contributed by atoms with Gasteiger partial charge in [-0.25, -0.2) is 0 Å². The van der Waals surface area contributed by atoms with Crippen LogP contribution in [0.4, 0.5) is 0 Å². The van der Waals surface area contributed by atoms with Crippen LogP contribution in [0, 0.1) is 0 Å². The number of para-hydroxylation sites is 4. The molecule has 0 saturated carbocycles. The minimum atomic E-state index is 0.333. The van der Waals surface area contributed by atoms with Gasteiger partial charge in [-0.2, -0.15) is 0 Å². The fourth-order valence-electron chi connectivity index (χ4n) is 8.58. The molecule has 0 spiro atoms. The van der Waals surface area contributed by atoms with Crippen LogP contribution in [0.25, 0.3) is 82.3 Å². The highest BCUT2D eigenvalue weighted by atomic mass is 32.1. The Kier molecular flexibility index (Phi) is 6.28. The van der Waals surface area contributed by atoms with Gasteiger partial charge in [0.05, 0.1) is 22.1 Å². The summed E-state index contributed by atoms with van der Waals surface area (Å²) in [5, 5.41) is 6.51. The minimum absolute atomic E-state index is 0.333. The largest absolute Gasteiger partial charge is 0.309 e. The second-order valence-electron chi connectivity index (χ2n) is 13.6. The number of hydrogen-bond donors (Lipinski definition) is 0. The summed E-state index contributed by atoms with van der Waals surface area (Å²) in [6.45, 7) is 0. The summed E-state index contributed by atoms with van der Waals surface area (Å²) >= 11 is 1.97. The lowest BCUT2D eigenvalue weighted by molar-refractivity contribution is 0.839. The first-order valence-electron chi connectivity index (χ1n) is 17.7. The lowest BCUT2D eigenvalue weighted by Gasteiger charge is -2.20. The van der Waals surface area contributed by atoms with Crippen molar-refractivity contribution in [3.8, 4) is 22.5 Å². The van der Waals surface area contributed by atoms with Crippen molar-refractivity contribution in [2.24, 2.45) is 0 Å². The number of nitrogens with zero attached hydrogens (tertiary/aromatic N) is 2. The lowest BCUT2D eigenvalue weighted by Crippen LogP contribution is -2.03. The fraction of sp³-hybridized carbons (Fsp3) is 0.0417. The molecule has 7 aromatic carbocycles. The van der Waals surface area contributed by atoms with Crippen molar-refractivity contribution < 1.29 is 0 Å². The zero-order chi connectivity index (χ0) is 33.5. The van der Waals surface area contributed by atoms with Gasteiger partial charge in [0.25, 0.3) is 0 Å². The maximum absolute atomic E-state index is 2.40. The van der Waals surface area contributed by atoms with Crippen molar-refractivity contribution in [1.29, 1.82) is 0 Å². The SMILES string of the molecule is C1=Cc2c(sc3c(-c4ccc(-n5c6ccccc6c6ccccc65)cc4)cccc23)C(c2ccc(-n3c4ccccc4c4ccccc43)cc2)C1. The van der Waals surface area contributed by atoms with Gasteiger partial charge in [-0.05, 0) is 77.2 Å². The molecule has 1 unspecified atom stereocenters. The first-order valence-corrected chi connectivity index (χ1v) is 18.5. The van der Waals surface area contributed by atoms with Crippen LogP contribution in [0.2, 0.25) is 0 Å². The average Bonchev–Trinajstić information content (AvgIpc) is 3.86. The molecule has 0 aliphatic heterocycles. The molecular weight excluding hydrogens is 637 g/mol. The van der Waals surface area contributed by atoms with Crippen molar-refractivity contribution in [2.45, 2.75) is 12.3 Å². The van der Waals surface area contributed by atoms with E-state index >= 15 is 0 Å². The molecule has 51 heavy (non-hydrogen) atoms. The lowest BCUT2D eigenvalue weighted by atomic mass is 9.87. The van der Waals surface area contributed by atoms with Gasteiger partial charge in [-0.1, -0.05) is 127 Å². The third-order valence-corrected chi connectivity index (χ3v) is 12.3. The van der Waals surface area contributed by atoms with Gasteiger partial charge in [0, 0.05) is 53.8 Å². The van der Waals surface area contributed by atoms with Crippen LogP contribution in [-0.4, -0.2) is 9.13 Å². The number of benzene rings is 7. The summed E-state index contributed by atoms with van der Waals surface area (Å²) in [4.78, 5) is 1.46. The van der Waals surface area contributed by atoms with Crippen LogP contribution in [0.15, 0.2) is 170 Å². The van der Waals surface area contributed by atoms with Crippen LogP contribution in [0.1, 0.15) is 28.3 Å². The molecule has 11 rings (SSSR count). The van der Waals surface area contributed by atoms with E-state index in [-0.39, 0.29) is 0 Å². The van der Waals surface area contributed by atoms with Gasteiger partial charge in [-0.15, -0.1) is 11.3 Å². The maximum atomic E-state index is 2.40. The van der Waals surface area contributed by atoms with Crippen molar-refractivity contribution in [1.82, 2.24) is 9.13 Å². The molecule has 1 aliphatic carbocycles. The molecule has 0 N–H and O–H groups in total. The van der Waals surface area contributed by atoms with Gasteiger partial charge < -0.3 is 9.13 Å². The average molecular weight is 669 g/mol.